The second kappa shape index (κ2) is 2.58. The average Bonchev–Trinajstić information content (AvgIpc) is 2.65. The van der Waals surface area contributed by atoms with E-state index in [1.165, 1.54) is 35.3 Å². The van der Waals surface area contributed by atoms with Gasteiger partial charge in [0, 0.05) is 11.4 Å². The summed E-state index contributed by atoms with van der Waals surface area (Å²) in [6.45, 7) is 0.828. The van der Waals surface area contributed by atoms with Crippen LogP contribution >= 0.6 is 11.3 Å². The van der Waals surface area contributed by atoms with Gasteiger partial charge in [-0.1, -0.05) is 0 Å². The predicted octanol–water partition coefficient (Wildman–Crippen LogP) is 1.52. The zero-order valence-corrected chi connectivity index (χ0v) is 8.17. The molecule has 1 N–H and O–H groups in total. The molecular weight excluding hydrogens is 182 g/mol. The third-order valence-corrected chi connectivity index (χ3v) is 4.23. The zero-order chi connectivity index (χ0) is 8.84. The highest BCUT2D eigenvalue weighted by Gasteiger charge is 2.27. The van der Waals surface area contributed by atoms with Crippen LogP contribution in [0.2, 0.25) is 0 Å². The molecule has 3 heteroatoms. The first-order valence-electron chi connectivity index (χ1n) is 4.78. The van der Waals surface area contributed by atoms with Crippen LogP contribution in [0.15, 0.2) is 0 Å². The number of hydrogen-bond acceptors (Lipinski definition) is 2. The van der Waals surface area contributed by atoms with E-state index >= 15 is 0 Å². The quantitative estimate of drug-likeness (QED) is 0.665. The van der Waals surface area contributed by atoms with Crippen molar-refractivity contribution in [3.8, 4) is 0 Å². The van der Waals surface area contributed by atoms with Gasteiger partial charge in [0.15, 0.2) is 0 Å². The fourth-order valence-corrected chi connectivity index (χ4v) is 3.65. The van der Waals surface area contributed by atoms with Crippen molar-refractivity contribution < 1.29 is 4.79 Å². The number of rotatable bonds is 0. The number of amides is 1. The Morgan fingerprint density at radius 1 is 1.15 bits per heavy atom. The van der Waals surface area contributed by atoms with E-state index < -0.39 is 0 Å². The van der Waals surface area contributed by atoms with Crippen LogP contribution in [0.25, 0.3) is 0 Å². The standard InChI is InChI=1S/C10H11NOS/c12-10-9-7(4-5-11-10)6-2-1-3-8(6)13-9/h1-5H2,(H,11,12). The lowest BCUT2D eigenvalue weighted by Gasteiger charge is -2.13. The molecule has 68 valence electrons. The van der Waals surface area contributed by atoms with Crippen LogP contribution in [-0.4, -0.2) is 12.5 Å². The van der Waals surface area contributed by atoms with Gasteiger partial charge in [0.2, 0.25) is 0 Å². The lowest BCUT2D eigenvalue weighted by molar-refractivity contribution is 0.0950. The Hall–Kier alpha value is -0.830. The van der Waals surface area contributed by atoms with E-state index in [-0.39, 0.29) is 5.91 Å². The zero-order valence-electron chi connectivity index (χ0n) is 7.35. The van der Waals surface area contributed by atoms with Crippen LogP contribution < -0.4 is 5.32 Å². The molecule has 13 heavy (non-hydrogen) atoms. The molecule has 1 aliphatic carbocycles. The van der Waals surface area contributed by atoms with Crippen molar-refractivity contribution in [2.75, 3.05) is 6.54 Å². The van der Waals surface area contributed by atoms with Gasteiger partial charge in [-0.25, -0.2) is 0 Å². The number of hydrogen-bond donors (Lipinski definition) is 1. The lowest BCUT2D eigenvalue weighted by atomic mass is 10.0. The highest BCUT2D eigenvalue weighted by Crippen LogP contribution is 2.36. The Morgan fingerprint density at radius 3 is 3.00 bits per heavy atom. The largest absolute Gasteiger partial charge is 0.351 e. The second-order valence-electron chi connectivity index (χ2n) is 3.67. The van der Waals surface area contributed by atoms with Gasteiger partial charge in [0.25, 0.3) is 5.91 Å². The topological polar surface area (TPSA) is 29.1 Å². The molecule has 0 bridgehead atoms. The maximum absolute atomic E-state index is 11.5. The summed E-state index contributed by atoms with van der Waals surface area (Å²) in [4.78, 5) is 14.0. The van der Waals surface area contributed by atoms with Gasteiger partial charge in [0.1, 0.15) is 0 Å². The third kappa shape index (κ3) is 0.967. The highest BCUT2D eigenvalue weighted by molar-refractivity contribution is 7.14. The maximum Gasteiger partial charge on any atom is 0.261 e. The number of nitrogens with one attached hydrogen (secondary N) is 1. The molecule has 1 aromatic rings. The molecule has 0 aromatic carbocycles. The Labute approximate surface area is 81.0 Å². The molecule has 2 nitrogen and oxygen atoms in total. The molecule has 0 atom stereocenters. The normalized spacial score (nSPS) is 19.5. The first-order valence-corrected chi connectivity index (χ1v) is 5.59. The van der Waals surface area contributed by atoms with Gasteiger partial charge in [-0.05, 0) is 36.8 Å². The van der Waals surface area contributed by atoms with Crippen molar-refractivity contribution >= 4 is 17.2 Å². The van der Waals surface area contributed by atoms with Crippen molar-refractivity contribution in [2.24, 2.45) is 0 Å². The van der Waals surface area contributed by atoms with E-state index in [2.05, 4.69) is 5.32 Å². The van der Waals surface area contributed by atoms with E-state index in [9.17, 15) is 4.79 Å². The first kappa shape index (κ1) is 7.56. The van der Waals surface area contributed by atoms with E-state index in [4.69, 9.17) is 0 Å². The van der Waals surface area contributed by atoms with Gasteiger partial charge in [-0.3, -0.25) is 4.79 Å². The van der Waals surface area contributed by atoms with Crippen LogP contribution in [0.4, 0.5) is 0 Å². The molecule has 0 unspecified atom stereocenters. The Balaban J connectivity index is 2.19. The van der Waals surface area contributed by atoms with Gasteiger partial charge >= 0.3 is 0 Å². The fraction of sp³-hybridized carbons (Fsp3) is 0.500. The van der Waals surface area contributed by atoms with Gasteiger partial charge in [-0.2, -0.15) is 0 Å². The van der Waals surface area contributed by atoms with Gasteiger partial charge in [0.05, 0.1) is 4.88 Å². The molecule has 0 fully saturated rings. The van der Waals surface area contributed by atoms with Crippen LogP contribution in [0.1, 0.15) is 32.1 Å². The lowest BCUT2D eigenvalue weighted by Crippen LogP contribution is -2.30. The first-order chi connectivity index (χ1) is 6.36. The molecular formula is C10H11NOS. The minimum atomic E-state index is 0.153. The summed E-state index contributed by atoms with van der Waals surface area (Å²) in [7, 11) is 0. The molecule has 1 aromatic heterocycles. The number of aryl methyl sites for hydroxylation is 1. The molecule has 0 saturated carbocycles. The number of fused-ring (bicyclic) bond motifs is 3. The van der Waals surface area contributed by atoms with Crippen LogP contribution in [0.3, 0.4) is 0 Å². The summed E-state index contributed by atoms with van der Waals surface area (Å²) in [6, 6.07) is 0. The molecule has 1 amide bonds. The summed E-state index contributed by atoms with van der Waals surface area (Å²) >= 11 is 1.72. The number of carbonyl (C=O) groups is 1. The SMILES string of the molecule is O=C1NCCc2c1sc1c2CCC1. The Kier molecular flexibility index (Phi) is 1.50. The van der Waals surface area contributed by atoms with Crippen molar-refractivity contribution in [2.45, 2.75) is 25.7 Å². The predicted molar refractivity (Wildman–Crippen MR) is 52.4 cm³/mol. The Bertz CT molecular complexity index is 381. The number of thiophene rings is 1. The van der Waals surface area contributed by atoms with Crippen molar-refractivity contribution in [3.63, 3.8) is 0 Å². The smallest absolute Gasteiger partial charge is 0.261 e. The molecule has 0 radical (unpaired) electrons. The summed E-state index contributed by atoms with van der Waals surface area (Å²) < 4.78 is 0. The third-order valence-electron chi connectivity index (χ3n) is 2.90. The Morgan fingerprint density at radius 2 is 2.08 bits per heavy atom. The molecule has 1 aliphatic heterocycles. The van der Waals surface area contributed by atoms with Crippen LogP contribution in [0.5, 0.6) is 0 Å². The minimum Gasteiger partial charge on any atom is -0.351 e. The molecule has 2 heterocycles. The summed E-state index contributed by atoms with van der Waals surface area (Å²) in [5.41, 5.74) is 2.87. The molecule has 3 rings (SSSR count). The van der Waals surface area contributed by atoms with Crippen molar-refractivity contribution in [1.29, 1.82) is 0 Å². The minimum absolute atomic E-state index is 0.153. The van der Waals surface area contributed by atoms with E-state index in [1.54, 1.807) is 11.3 Å². The average molecular weight is 193 g/mol. The molecule has 0 saturated heterocycles. The summed E-state index contributed by atoms with van der Waals surface area (Å²) in [5.74, 6) is 0.153. The van der Waals surface area contributed by atoms with Gasteiger partial charge in [-0.15, -0.1) is 11.3 Å². The van der Waals surface area contributed by atoms with E-state index in [0.29, 0.717) is 0 Å². The van der Waals surface area contributed by atoms with E-state index in [1.807, 2.05) is 0 Å². The monoisotopic (exact) mass is 193 g/mol. The number of carbonyl (C=O) groups excluding carboxylic acids is 1. The van der Waals surface area contributed by atoms with Crippen molar-refractivity contribution in [1.82, 2.24) is 5.32 Å². The highest BCUT2D eigenvalue weighted by atomic mass is 32.1. The molecule has 0 spiro atoms. The summed E-state index contributed by atoms with van der Waals surface area (Å²) in [6.07, 6.45) is 4.73. The van der Waals surface area contributed by atoms with Crippen LogP contribution in [0, 0.1) is 0 Å². The van der Waals surface area contributed by atoms with E-state index in [0.717, 1.165) is 17.8 Å². The maximum atomic E-state index is 11.5. The van der Waals surface area contributed by atoms with Gasteiger partial charge < -0.3 is 5.32 Å². The molecule has 2 aliphatic rings. The second-order valence-corrected chi connectivity index (χ2v) is 4.78. The van der Waals surface area contributed by atoms with Crippen molar-refractivity contribution in [3.05, 3.63) is 20.9 Å². The fourth-order valence-electron chi connectivity index (χ4n) is 2.30. The van der Waals surface area contributed by atoms with Crippen LogP contribution in [-0.2, 0) is 19.3 Å². The summed E-state index contributed by atoms with van der Waals surface area (Å²) in [5, 5.41) is 2.90.